The molecule has 1 fully saturated rings. The molecule has 1 aromatic carbocycles. The van der Waals surface area contributed by atoms with Gasteiger partial charge in [0.25, 0.3) is 0 Å². The number of allylic oxidation sites excluding steroid dienone is 2. The molecule has 4 rings (SSSR count). The van der Waals surface area contributed by atoms with Crippen LogP contribution in [0.2, 0.25) is 0 Å². The van der Waals surface area contributed by atoms with Crippen molar-refractivity contribution in [1.29, 1.82) is 0 Å². The number of halogens is 1. The van der Waals surface area contributed by atoms with Crippen LogP contribution in [0.25, 0.3) is 11.3 Å². The summed E-state index contributed by atoms with van der Waals surface area (Å²) in [4.78, 5) is 42.5. The van der Waals surface area contributed by atoms with Crippen molar-refractivity contribution in [2.45, 2.75) is 52.0 Å². The lowest BCUT2D eigenvalue weighted by atomic mass is 9.85. The number of hydrogen-bond acceptors (Lipinski definition) is 4. The Morgan fingerprint density at radius 1 is 1.14 bits per heavy atom. The van der Waals surface area contributed by atoms with E-state index in [0.717, 1.165) is 17.0 Å². The number of carbonyl (C=O) groups excluding carboxylic acids is 3. The normalized spacial score (nSPS) is 20.4. The monoisotopic (exact) mass is 480 g/mol. The minimum atomic E-state index is -0.761. The average Bonchev–Trinajstić information content (AvgIpc) is 3.41. The molecule has 7 nitrogen and oxygen atoms in total. The number of hydrogen-bond donors (Lipinski definition) is 1. The van der Waals surface area contributed by atoms with Crippen LogP contribution in [-0.2, 0) is 20.8 Å². The van der Waals surface area contributed by atoms with Crippen molar-refractivity contribution in [3.8, 4) is 11.3 Å². The molecule has 35 heavy (non-hydrogen) atoms. The highest BCUT2D eigenvalue weighted by molar-refractivity contribution is 6.08. The molecule has 2 aromatic rings. The summed E-state index contributed by atoms with van der Waals surface area (Å²) >= 11 is 0. The number of benzene rings is 1. The van der Waals surface area contributed by atoms with Crippen molar-refractivity contribution in [1.82, 2.24) is 20.0 Å². The van der Waals surface area contributed by atoms with Crippen LogP contribution in [-0.4, -0.2) is 57.4 Å². The number of likely N-dealkylation sites (N-methyl/N-ethyl adjacent to an activating group) is 1. The molecule has 1 aliphatic carbocycles. The molecule has 1 aliphatic heterocycles. The first-order valence-electron chi connectivity index (χ1n) is 12.3. The summed E-state index contributed by atoms with van der Waals surface area (Å²) in [6.07, 6.45) is 6.87. The van der Waals surface area contributed by atoms with E-state index < -0.39 is 6.04 Å². The van der Waals surface area contributed by atoms with Gasteiger partial charge in [0, 0.05) is 24.8 Å². The van der Waals surface area contributed by atoms with Crippen molar-refractivity contribution in [3.63, 3.8) is 0 Å². The molecule has 2 heterocycles. The van der Waals surface area contributed by atoms with Crippen molar-refractivity contribution < 1.29 is 18.8 Å². The van der Waals surface area contributed by atoms with E-state index in [1.807, 2.05) is 32.1 Å². The Morgan fingerprint density at radius 2 is 1.77 bits per heavy atom. The molecule has 1 N–H and O–H groups in total. The average molecular weight is 481 g/mol. The summed E-state index contributed by atoms with van der Waals surface area (Å²) in [7, 11) is 1.73. The van der Waals surface area contributed by atoms with Crippen molar-refractivity contribution in [2.24, 2.45) is 17.8 Å². The summed E-state index contributed by atoms with van der Waals surface area (Å²) in [6.45, 7) is 4.48. The molecule has 3 amide bonds. The number of rotatable bonds is 9. The number of carbonyl (C=O) groups is 3. The second-order valence-corrected chi connectivity index (χ2v) is 10.00. The van der Waals surface area contributed by atoms with E-state index in [1.54, 1.807) is 24.1 Å². The Kier molecular flexibility index (Phi) is 7.48. The van der Waals surface area contributed by atoms with E-state index in [4.69, 9.17) is 0 Å². The SMILES string of the molecule is CC(C)C[C@H](C(=O)N(C)CCCc1cc(-c2ccc(F)cc2)n[nH]1)N1C(=O)[C@@H]2CC=CC[C@H]2C1=O. The topological polar surface area (TPSA) is 86.4 Å². The Hall–Kier alpha value is -3.29. The van der Waals surface area contributed by atoms with Crippen LogP contribution < -0.4 is 0 Å². The minimum absolute atomic E-state index is 0.161. The fourth-order valence-corrected chi connectivity index (χ4v) is 5.03. The second kappa shape index (κ2) is 10.5. The summed E-state index contributed by atoms with van der Waals surface area (Å²) in [5, 5.41) is 7.30. The Morgan fingerprint density at radius 3 is 2.37 bits per heavy atom. The van der Waals surface area contributed by atoms with Gasteiger partial charge in [0.2, 0.25) is 17.7 Å². The van der Waals surface area contributed by atoms with Crippen LogP contribution in [0.5, 0.6) is 0 Å². The van der Waals surface area contributed by atoms with Gasteiger partial charge in [-0.1, -0.05) is 26.0 Å². The van der Waals surface area contributed by atoms with Gasteiger partial charge in [0.15, 0.2) is 0 Å². The molecule has 186 valence electrons. The first-order valence-corrected chi connectivity index (χ1v) is 12.3. The van der Waals surface area contributed by atoms with E-state index in [2.05, 4.69) is 10.2 Å². The smallest absolute Gasteiger partial charge is 0.245 e. The highest BCUT2D eigenvalue weighted by Gasteiger charge is 2.51. The lowest BCUT2D eigenvalue weighted by Crippen LogP contribution is -2.51. The fourth-order valence-electron chi connectivity index (χ4n) is 5.03. The second-order valence-electron chi connectivity index (χ2n) is 10.00. The number of imide groups is 1. The van der Waals surface area contributed by atoms with E-state index in [1.165, 1.54) is 17.0 Å². The predicted octanol–water partition coefficient (Wildman–Crippen LogP) is 3.97. The summed E-state index contributed by atoms with van der Waals surface area (Å²) in [5.41, 5.74) is 2.49. The molecule has 8 heteroatoms. The fraction of sp³-hybridized carbons (Fsp3) is 0.481. The zero-order valence-electron chi connectivity index (χ0n) is 20.5. The molecule has 0 bridgehead atoms. The Bertz CT molecular complexity index is 1080. The molecule has 1 aromatic heterocycles. The first-order chi connectivity index (χ1) is 16.8. The standard InChI is InChI=1S/C27H33FN4O3/c1-17(2)15-24(32-25(33)21-8-4-5-9-22(21)26(32)34)27(35)31(3)14-6-7-20-16-23(30-29-20)18-10-12-19(28)13-11-18/h4-5,10-13,16-17,21-22,24H,6-9,14-15H2,1-3H3,(H,29,30)/t21-,22-,24-/m1/s1. The number of aromatic amines is 1. The zero-order chi connectivity index (χ0) is 25.1. The van der Waals surface area contributed by atoms with Crippen LogP contribution in [0.4, 0.5) is 4.39 Å². The molecular weight excluding hydrogens is 447 g/mol. The van der Waals surface area contributed by atoms with E-state index in [0.29, 0.717) is 38.6 Å². The number of H-pyrrole nitrogens is 1. The zero-order valence-corrected chi connectivity index (χ0v) is 20.5. The highest BCUT2D eigenvalue weighted by Crippen LogP contribution is 2.37. The molecule has 0 saturated carbocycles. The third-order valence-electron chi connectivity index (χ3n) is 6.92. The first kappa shape index (κ1) is 24.8. The summed E-state index contributed by atoms with van der Waals surface area (Å²) < 4.78 is 13.2. The predicted molar refractivity (Wildman–Crippen MR) is 130 cm³/mol. The largest absolute Gasteiger partial charge is 0.344 e. The van der Waals surface area contributed by atoms with E-state index >= 15 is 0 Å². The quantitative estimate of drug-likeness (QED) is 0.435. The number of likely N-dealkylation sites (tertiary alicyclic amines) is 1. The third-order valence-corrected chi connectivity index (χ3v) is 6.92. The van der Waals surface area contributed by atoms with Gasteiger partial charge < -0.3 is 4.90 Å². The van der Waals surface area contributed by atoms with Crippen LogP contribution in [0, 0.1) is 23.6 Å². The van der Waals surface area contributed by atoms with E-state index in [-0.39, 0.29) is 41.3 Å². The van der Waals surface area contributed by atoms with Gasteiger partial charge in [-0.15, -0.1) is 0 Å². The van der Waals surface area contributed by atoms with Gasteiger partial charge in [-0.25, -0.2) is 4.39 Å². The summed E-state index contributed by atoms with van der Waals surface area (Å²) in [6, 6.07) is 7.34. The van der Waals surface area contributed by atoms with Gasteiger partial charge in [0.1, 0.15) is 11.9 Å². The molecule has 0 spiro atoms. The summed E-state index contributed by atoms with van der Waals surface area (Å²) in [5.74, 6) is -1.41. The number of nitrogens with one attached hydrogen (secondary N) is 1. The number of fused-ring (bicyclic) bond motifs is 1. The Labute approximate surface area is 205 Å². The maximum atomic E-state index is 13.4. The van der Waals surface area contributed by atoms with Crippen molar-refractivity contribution in [3.05, 3.63) is 54.0 Å². The number of nitrogens with zero attached hydrogens (tertiary/aromatic N) is 3. The molecule has 0 radical (unpaired) electrons. The van der Waals surface area contributed by atoms with E-state index in [9.17, 15) is 18.8 Å². The van der Waals surface area contributed by atoms with Crippen molar-refractivity contribution >= 4 is 17.7 Å². The molecule has 1 saturated heterocycles. The maximum absolute atomic E-state index is 13.4. The van der Waals surface area contributed by atoms with Gasteiger partial charge >= 0.3 is 0 Å². The molecule has 3 atom stereocenters. The van der Waals surface area contributed by atoms with Crippen LogP contribution in [0.1, 0.15) is 45.2 Å². The number of aromatic nitrogens is 2. The van der Waals surface area contributed by atoms with Crippen LogP contribution in [0.3, 0.4) is 0 Å². The van der Waals surface area contributed by atoms with Gasteiger partial charge in [-0.2, -0.15) is 5.10 Å². The lowest BCUT2D eigenvalue weighted by molar-refractivity contribution is -0.151. The highest BCUT2D eigenvalue weighted by atomic mass is 19.1. The van der Waals surface area contributed by atoms with Gasteiger partial charge in [-0.05, 0) is 68.4 Å². The number of amides is 3. The minimum Gasteiger partial charge on any atom is -0.344 e. The lowest BCUT2D eigenvalue weighted by Gasteiger charge is -2.31. The molecular formula is C27H33FN4O3. The van der Waals surface area contributed by atoms with Gasteiger partial charge in [-0.3, -0.25) is 24.4 Å². The van der Waals surface area contributed by atoms with Crippen molar-refractivity contribution in [2.75, 3.05) is 13.6 Å². The molecule has 2 aliphatic rings. The molecule has 0 unspecified atom stereocenters. The Balaban J connectivity index is 1.37. The maximum Gasteiger partial charge on any atom is 0.245 e. The van der Waals surface area contributed by atoms with Crippen LogP contribution in [0.15, 0.2) is 42.5 Å². The van der Waals surface area contributed by atoms with Gasteiger partial charge in [0.05, 0.1) is 17.5 Å². The van der Waals surface area contributed by atoms with Crippen LogP contribution >= 0.6 is 0 Å². The number of aryl methyl sites for hydroxylation is 1. The third kappa shape index (κ3) is 5.36.